The van der Waals surface area contributed by atoms with Crippen molar-refractivity contribution in [2.24, 2.45) is 5.92 Å². The number of hydrogen-bond donors (Lipinski definition) is 2. The van der Waals surface area contributed by atoms with E-state index in [0.717, 1.165) is 19.0 Å². The van der Waals surface area contributed by atoms with Crippen LogP contribution in [0.2, 0.25) is 0 Å². The zero-order chi connectivity index (χ0) is 10.5. The molecular weight excluding hydrogens is 206 g/mol. The number of aromatic nitrogens is 1. The average molecular weight is 225 g/mol. The van der Waals surface area contributed by atoms with Crippen molar-refractivity contribution in [2.45, 2.75) is 25.8 Å². The van der Waals surface area contributed by atoms with Crippen molar-refractivity contribution >= 4 is 11.3 Å². The lowest BCUT2D eigenvalue weighted by Gasteiger charge is -2.24. The number of hydrogen-bond acceptors (Lipinski definition) is 4. The van der Waals surface area contributed by atoms with Gasteiger partial charge in [-0.25, -0.2) is 4.98 Å². The van der Waals surface area contributed by atoms with Crippen molar-refractivity contribution in [2.75, 3.05) is 19.6 Å². The molecule has 84 valence electrons. The highest BCUT2D eigenvalue weighted by atomic mass is 32.1. The van der Waals surface area contributed by atoms with Crippen LogP contribution in [-0.2, 0) is 0 Å². The van der Waals surface area contributed by atoms with Crippen LogP contribution in [0.25, 0.3) is 0 Å². The normalized spacial score (nSPS) is 23.9. The van der Waals surface area contributed by atoms with Crippen molar-refractivity contribution in [3.05, 3.63) is 16.6 Å². The van der Waals surface area contributed by atoms with Crippen molar-refractivity contribution in [1.29, 1.82) is 0 Å². The van der Waals surface area contributed by atoms with Gasteiger partial charge in [-0.3, -0.25) is 0 Å². The van der Waals surface area contributed by atoms with Crippen LogP contribution in [0.3, 0.4) is 0 Å². The first-order valence-corrected chi connectivity index (χ1v) is 6.57. The van der Waals surface area contributed by atoms with Gasteiger partial charge in [0.2, 0.25) is 0 Å². The molecule has 1 aliphatic rings. The summed E-state index contributed by atoms with van der Waals surface area (Å²) < 4.78 is 0. The minimum Gasteiger partial charge on any atom is -0.316 e. The van der Waals surface area contributed by atoms with Gasteiger partial charge in [0.1, 0.15) is 5.01 Å². The first-order chi connectivity index (χ1) is 7.36. The Bertz CT molecular complexity index is 267. The van der Waals surface area contributed by atoms with Gasteiger partial charge in [-0.1, -0.05) is 0 Å². The summed E-state index contributed by atoms with van der Waals surface area (Å²) in [5, 5.41) is 10.2. The Hall–Kier alpha value is -0.450. The Labute approximate surface area is 95.3 Å². The molecule has 1 aliphatic heterocycles. The Morgan fingerprint density at radius 2 is 2.67 bits per heavy atom. The molecule has 1 aromatic heterocycles. The molecule has 0 spiro atoms. The lowest BCUT2D eigenvalue weighted by Crippen LogP contribution is -2.36. The van der Waals surface area contributed by atoms with Crippen LogP contribution in [0, 0.1) is 5.92 Å². The minimum atomic E-state index is 0.395. The molecule has 0 aliphatic carbocycles. The Morgan fingerprint density at radius 3 is 3.33 bits per heavy atom. The Balaban J connectivity index is 1.73. The number of rotatable bonds is 4. The predicted molar refractivity (Wildman–Crippen MR) is 64.1 cm³/mol. The average Bonchev–Trinajstić information content (AvgIpc) is 2.81. The fourth-order valence-corrected chi connectivity index (χ4v) is 2.65. The van der Waals surface area contributed by atoms with Gasteiger partial charge in [0.15, 0.2) is 0 Å². The van der Waals surface area contributed by atoms with Crippen molar-refractivity contribution < 1.29 is 0 Å². The molecule has 0 amide bonds. The van der Waals surface area contributed by atoms with Gasteiger partial charge in [0.05, 0.1) is 6.04 Å². The highest BCUT2D eigenvalue weighted by molar-refractivity contribution is 7.09. The van der Waals surface area contributed by atoms with E-state index in [1.807, 2.05) is 11.6 Å². The largest absolute Gasteiger partial charge is 0.316 e. The van der Waals surface area contributed by atoms with E-state index in [4.69, 9.17) is 0 Å². The number of nitrogens with zero attached hydrogens (tertiary/aromatic N) is 1. The molecule has 3 nitrogen and oxygen atoms in total. The fourth-order valence-electron chi connectivity index (χ4n) is 1.98. The number of nitrogens with one attached hydrogen (secondary N) is 2. The van der Waals surface area contributed by atoms with E-state index in [1.165, 1.54) is 24.4 Å². The number of thiazole rings is 1. The molecule has 2 N–H and O–H groups in total. The quantitative estimate of drug-likeness (QED) is 0.820. The smallest absolute Gasteiger partial charge is 0.109 e. The monoisotopic (exact) mass is 225 g/mol. The zero-order valence-corrected chi connectivity index (χ0v) is 10.0. The van der Waals surface area contributed by atoms with E-state index in [-0.39, 0.29) is 0 Å². The van der Waals surface area contributed by atoms with Gasteiger partial charge >= 0.3 is 0 Å². The molecule has 0 saturated carbocycles. The van der Waals surface area contributed by atoms with Gasteiger partial charge in [-0.05, 0) is 45.3 Å². The van der Waals surface area contributed by atoms with Gasteiger partial charge in [0.25, 0.3) is 0 Å². The van der Waals surface area contributed by atoms with Crippen LogP contribution in [-0.4, -0.2) is 24.6 Å². The van der Waals surface area contributed by atoms with Crippen LogP contribution in [0.1, 0.15) is 30.8 Å². The van der Waals surface area contributed by atoms with Crippen molar-refractivity contribution in [1.82, 2.24) is 15.6 Å². The minimum absolute atomic E-state index is 0.395. The molecule has 0 unspecified atom stereocenters. The molecular formula is C11H19N3S. The molecule has 15 heavy (non-hydrogen) atoms. The summed E-state index contributed by atoms with van der Waals surface area (Å²) in [6.07, 6.45) is 4.54. The SMILES string of the molecule is C[C@@H](NC[C@H]1CCCNC1)c1nccs1. The Kier molecular flexibility index (Phi) is 4.11. The second kappa shape index (κ2) is 5.58. The first-order valence-electron chi connectivity index (χ1n) is 5.70. The number of piperidine rings is 1. The summed E-state index contributed by atoms with van der Waals surface area (Å²) in [5.74, 6) is 0.793. The third kappa shape index (κ3) is 3.26. The van der Waals surface area contributed by atoms with Crippen molar-refractivity contribution in [3.8, 4) is 0 Å². The lowest BCUT2D eigenvalue weighted by atomic mass is 9.99. The maximum atomic E-state index is 4.32. The van der Waals surface area contributed by atoms with Gasteiger partial charge in [-0.15, -0.1) is 11.3 Å². The van der Waals surface area contributed by atoms with E-state index in [2.05, 4.69) is 22.5 Å². The first kappa shape index (κ1) is 11.0. The molecule has 4 heteroatoms. The highest BCUT2D eigenvalue weighted by Gasteiger charge is 2.14. The summed E-state index contributed by atoms with van der Waals surface area (Å²) >= 11 is 1.73. The van der Waals surface area contributed by atoms with Crippen LogP contribution >= 0.6 is 11.3 Å². The zero-order valence-electron chi connectivity index (χ0n) is 9.20. The van der Waals surface area contributed by atoms with E-state index in [9.17, 15) is 0 Å². The molecule has 2 rings (SSSR count). The van der Waals surface area contributed by atoms with Crippen LogP contribution in [0.5, 0.6) is 0 Å². The van der Waals surface area contributed by atoms with E-state index >= 15 is 0 Å². The van der Waals surface area contributed by atoms with E-state index in [1.54, 1.807) is 11.3 Å². The molecule has 0 aromatic carbocycles. The maximum absolute atomic E-state index is 4.32. The standard InChI is InChI=1S/C11H19N3S/c1-9(11-13-5-6-15-11)14-8-10-3-2-4-12-7-10/h5-6,9-10,12,14H,2-4,7-8H2,1H3/t9-,10+/m1/s1. The van der Waals surface area contributed by atoms with E-state index < -0.39 is 0 Å². The lowest BCUT2D eigenvalue weighted by molar-refractivity contribution is 0.348. The second-order valence-electron chi connectivity index (χ2n) is 4.21. The van der Waals surface area contributed by atoms with Gasteiger partial charge in [0, 0.05) is 11.6 Å². The second-order valence-corrected chi connectivity index (χ2v) is 5.14. The summed E-state index contributed by atoms with van der Waals surface area (Å²) in [7, 11) is 0. The molecule has 1 fully saturated rings. The molecule has 2 atom stereocenters. The van der Waals surface area contributed by atoms with Gasteiger partial charge in [-0.2, -0.15) is 0 Å². The fraction of sp³-hybridized carbons (Fsp3) is 0.727. The van der Waals surface area contributed by atoms with E-state index in [0.29, 0.717) is 6.04 Å². The summed E-state index contributed by atoms with van der Waals surface area (Å²) in [5.41, 5.74) is 0. The Morgan fingerprint density at radius 1 is 1.73 bits per heavy atom. The molecule has 1 saturated heterocycles. The third-order valence-electron chi connectivity index (χ3n) is 2.93. The van der Waals surface area contributed by atoms with Crippen LogP contribution in [0.4, 0.5) is 0 Å². The predicted octanol–water partition coefficient (Wildman–Crippen LogP) is 1.79. The molecule has 0 radical (unpaired) electrons. The third-order valence-corrected chi connectivity index (χ3v) is 3.89. The summed E-state index contributed by atoms with van der Waals surface area (Å²) in [6, 6.07) is 0.395. The maximum Gasteiger partial charge on any atom is 0.109 e. The summed E-state index contributed by atoms with van der Waals surface area (Å²) in [4.78, 5) is 4.32. The topological polar surface area (TPSA) is 37.0 Å². The van der Waals surface area contributed by atoms with Crippen molar-refractivity contribution in [3.63, 3.8) is 0 Å². The molecule has 2 heterocycles. The summed E-state index contributed by atoms with van der Waals surface area (Å²) in [6.45, 7) is 5.65. The molecule has 1 aromatic rings. The van der Waals surface area contributed by atoms with Crippen LogP contribution < -0.4 is 10.6 Å². The highest BCUT2D eigenvalue weighted by Crippen LogP contribution is 2.16. The molecule has 0 bridgehead atoms. The van der Waals surface area contributed by atoms with Crippen LogP contribution in [0.15, 0.2) is 11.6 Å². The van der Waals surface area contributed by atoms with Gasteiger partial charge < -0.3 is 10.6 Å².